The quantitative estimate of drug-likeness (QED) is 0.853. The lowest BCUT2D eigenvalue weighted by Crippen LogP contribution is -2.17. The van der Waals surface area contributed by atoms with Crippen LogP contribution in [0, 0.1) is 11.6 Å². The Morgan fingerprint density at radius 1 is 1.26 bits per heavy atom. The van der Waals surface area contributed by atoms with Crippen LogP contribution in [-0.4, -0.2) is 17.2 Å². The van der Waals surface area contributed by atoms with Gasteiger partial charge in [-0.3, -0.25) is 0 Å². The van der Waals surface area contributed by atoms with Crippen LogP contribution in [0.4, 0.5) is 14.8 Å². The van der Waals surface area contributed by atoms with Gasteiger partial charge in [0, 0.05) is 19.5 Å². The van der Waals surface area contributed by atoms with Crippen LogP contribution in [0.25, 0.3) is 0 Å². The molecule has 0 saturated carbocycles. The van der Waals surface area contributed by atoms with E-state index < -0.39 is 11.6 Å². The second-order valence-electron chi connectivity index (χ2n) is 4.69. The van der Waals surface area contributed by atoms with E-state index in [9.17, 15) is 8.78 Å². The second kappa shape index (κ2) is 5.34. The molecule has 0 unspecified atom stereocenters. The largest absolute Gasteiger partial charge is 0.324 e. The van der Waals surface area contributed by atoms with Crippen LogP contribution in [0.3, 0.4) is 0 Å². The molecule has 0 radical (unpaired) electrons. The Bertz CT molecular complexity index is 569. The average molecular weight is 267 g/mol. The molecule has 2 rings (SSSR count). The van der Waals surface area contributed by atoms with E-state index in [4.69, 9.17) is 4.52 Å². The highest BCUT2D eigenvalue weighted by molar-refractivity contribution is 5.28. The van der Waals surface area contributed by atoms with Crippen molar-refractivity contribution in [3.63, 3.8) is 0 Å². The number of rotatable bonds is 4. The first kappa shape index (κ1) is 13.5. The molecule has 0 amide bonds. The van der Waals surface area contributed by atoms with Crippen LogP contribution < -0.4 is 4.90 Å². The van der Waals surface area contributed by atoms with Gasteiger partial charge in [0.1, 0.15) is 0 Å². The summed E-state index contributed by atoms with van der Waals surface area (Å²) in [5, 5.41) is 3.85. The lowest BCUT2D eigenvalue weighted by molar-refractivity contribution is 0.407. The van der Waals surface area contributed by atoms with Crippen molar-refractivity contribution in [1.29, 1.82) is 0 Å². The second-order valence-corrected chi connectivity index (χ2v) is 4.69. The maximum atomic E-state index is 13.1. The summed E-state index contributed by atoms with van der Waals surface area (Å²) < 4.78 is 31.0. The minimum Gasteiger partial charge on any atom is -0.323 e. The Morgan fingerprint density at radius 3 is 2.58 bits per heavy atom. The van der Waals surface area contributed by atoms with Gasteiger partial charge in [0.25, 0.3) is 0 Å². The number of anilines is 1. The van der Waals surface area contributed by atoms with Crippen molar-refractivity contribution in [2.45, 2.75) is 26.3 Å². The molecule has 6 heteroatoms. The summed E-state index contributed by atoms with van der Waals surface area (Å²) in [5.74, 6) is -0.924. The van der Waals surface area contributed by atoms with Crippen LogP contribution >= 0.6 is 0 Å². The SMILES string of the molecule is CC(C)c1noc(N(C)Cc2ccc(F)c(F)c2)n1. The van der Waals surface area contributed by atoms with Gasteiger partial charge in [-0.25, -0.2) is 8.78 Å². The third-order valence-corrected chi connectivity index (χ3v) is 2.68. The van der Waals surface area contributed by atoms with E-state index >= 15 is 0 Å². The predicted molar refractivity (Wildman–Crippen MR) is 66.9 cm³/mol. The number of hydrogen-bond acceptors (Lipinski definition) is 4. The molecular formula is C13H15F2N3O. The molecule has 0 aliphatic rings. The maximum Gasteiger partial charge on any atom is 0.324 e. The van der Waals surface area contributed by atoms with Gasteiger partial charge < -0.3 is 9.42 Å². The molecule has 1 heterocycles. The molecule has 0 atom stereocenters. The van der Waals surface area contributed by atoms with E-state index in [-0.39, 0.29) is 5.92 Å². The van der Waals surface area contributed by atoms with Crippen LogP contribution in [-0.2, 0) is 6.54 Å². The monoisotopic (exact) mass is 267 g/mol. The zero-order chi connectivity index (χ0) is 14.0. The van der Waals surface area contributed by atoms with Crippen LogP contribution in [0.5, 0.6) is 0 Å². The Morgan fingerprint density at radius 2 is 2.00 bits per heavy atom. The summed E-state index contributed by atoms with van der Waals surface area (Å²) in [7, 11) is 1.75. The molecule has 0 aliphatic carbocycles. The molecule has 0 N–H and O–H groups in total. The first-order chi connectivity index (χ1) is 8.97. The zero-order valence-corrected chi connectivity index (χ0v) is 11.0. The van der Waals surface area contributed by atoms with Crippen molar-refractivity contribution in [2.24, 2.45) is 0 Å². The number of halogens is 2. The van der Waals surface area contributed by atoms with Crippen LogP contribution in [0.2, 0.25) is 0 Å². The highest BCUT2D eigenvalue weighted by atomic mass is 19.2. The van der Waals surface area contributed by atoms with Gasteiger partial charge in [-0.1, -0.05) is 25.1 Å². The fourth-order valence-corrected chi connectivity index (χ4v) is 1.60. The minimum atomic E-state index is -0.862. The van der Waals surface area contributed by atoms with E-state index in [0.717, 1.165) is 12.1 Å². The topological polar surface area (TPSA) is 42.2 Å². The normalized spacial score (nSPS) is 11.1. The molecule has 0 bridgehead atoms. The van der Waals surface area contributed by atoms with Crippen molar-refractivity contribution < 1.29 is 13.3 Å². The Kier molecular flexibility index (Phi) is 3.78. The standard InChI is InChI=1S/C13H15F2N3O/c1-8(2)12-16-13(19-17-12)18(3)7-9-4-5-10(14)11(15)6-9/h4-6,8H,7H2,1-3H3. The van der Waals surface area contributed by atoms with E-state index in [0.29, 0.717) is 23.9 Å². The van der Waals surface area contributed by atoms with E-state index in [1.54, 1.807) is 11.9 Å². The van der Waals surface area contributed by atoms with Crippen molar-refractivity contribution >= 4 is 6.01 Å². The molecule has 0 spiro atoms. The van der Waals surface area contributed by atoms with Crippen molar-refractivity contribution in [2.75, 3.05) is 11.9 Å². The summed E-state index contributed by atoms with van der Waals surface area (Å²) in [6, 6.07) is 4.14. The van der Waals surface area contributed by atoms with Crippen LogP contribution in [0.15, 0.2) is 22.7 Å². The summed E-state index contributed by atoms with van der Waals surface area (Å²) in [6.07, 6.45) is 0. The van der Waals surface area contributed by atoms with Crippen LogP contribution in [0.1, 0.15) is 31.2 Å². The number of hydrogen-bond donors (Lipinski definition) is 0. The molecular weight excluding hydrogens is 252 g/mol. The third kappa shape index (κ3) is 3.07. The van der Waals surface area contributed by atoms with Crippen molar-refractivity contribution in [1.82, 2.24) is 10.1 Å². The first-order valence-corrected chi connectivity index (χ1v) is 5.96. The molecule has 0 fully saturated rings. The van der Waals surface area contributed by atoms with Gasteiger partial charge in [-0.05, 0) is 17.7 Å². The van der Waals surface area contributed by atoms with Gasteiger partial charge >= 0.3 is 6.01 Å². The maximum absolute atomic E-state index is 13.1. The van der Waals surface area contributed by atoms with Gasteiger partial charge in [0.15, 0.2) is 17.5 Å². The van der Waals surface area contributed by atoms with Gasteiger partial charge in [-0.2, -0.15) is 4.98 Å². The first-order valence-electron chi connectivity index (χ1n) is 5.96. The number of benzene rings is 1. The van der Waals surface area contributed by atoms with Gasteiger partial charge in [0.2, 0.25) is 0 Å². The van der Waals surface area contributed by atoms with Crippen molar-refractivity contribution in [3.8, 4) is 0 Å². The van der Waals surface area contributed by atoms with E-state index in [1.807, 2.05) is 13.8 Å². The minimum absolute atomic E-state index is 0.175. The highest BCUT2D eigenvalue weighted by Crippen LogP contribution is 2.18. The molecule has 2 aromatic rings. The molecule has 0 saturated heterocycles. The summed E-state index contributed by atoms with van der Waals surface area (Å²) >= 11 is 0. The predicted octanol–water partition coefficient (Wildman–Crippen LogP) is 3.11. The number of nitrogens with zero attached hydrogens (tertiary/aromatic N) is 3. The molecule has 102 valence electrons. The lowest BCUT2D eigenvalue weighted by atomic mass is 10.2. The van der Waals surface area contributed by atoms with Crippen molar-refractivity contribution in [3.05, 3.63) is 41.2 Å². The van der Waals surface area contributed by atoms with Gasteiger partial charge in [-0.15, -0.1) is 0 Å². The zero-order valence-electron chi connectivity index (χ0n) is 11.0. The third-order valence-electron chi connectivity index (χ3n) is 2.68. The molecule has 4 nitrogen and oxygen atoms in total. The smallest absolute Gasteiger partial charge is 0.323 e. The summed E-state index contributed by atoms with van der Waals surface area (Å²) in [6.45, 7) is 4.28. The Balaban J connectivity index is 2.11. The fraction of sp³-hybridized carbons (Fsp3) is 0.385. The summed E-state index contributed by atoms with van der Waals surface area (Å²) in [5.41, 5.74) is 0.630. The molecule has 0 aliphatic heterocycles. The number of aromatic nitrogens is 2. The highest BCUT2D eigenvalue weighted by Gasteiger charge is 2.14. The fourth-order valence-electron chi connectivity index (χ4n) is 1.60. The molecule has 1 aromatic carbocycles. The average Bonchev–Trinajstić information content (AvgIpc) is 2.83. The molecule has 19 heavy (non-hydrogen) atoms. The van der Waals surface area contributed by atoms with E-state index in [2.05, 4.69) is 10.1 Å². The van der Waals surface area contributed by atoms with E-state index in [1.165, 1.54) is 6.07 Å². The Hall–Kier alpha value is -1.98. The Labute approximate surface area is 110 Å². The molecule has 1 aromatic heterocycles. The summed E-state index contributed by atoms with van der Waals surface area (Å²) in [4.78, 5) is 5.91. The van der Waals surface area contributed by atoms with Gasteiger partial charge in [0.05, 0.1) is 0 Å². The lowest BCUT2D eigenvalue weighted by Gasteiger charge is -2.13.